The molecular weight excluding hydrogens is 180 g/mol. The van der Waals surface area contributed by atoms with Crippen molar-refractivity contribution in [1.82, 2.24) is 10.6 Å². The normalized spacial score (nSPS) is 16.1. The smallest absolute Gasteiger partial charge is 0.224 e. The van der Waals surface area contributed by atoms with Gasteiger partial charge in [0.2, 0.25) is 5.91 Å². The van der Waals surface area contributed by atoms with Crippen LogP contribution in [0.25, 0.3) is 0 Å². The van der Waals surface area contributed by atoms with E-state index in [4.69, 9.17) is 0 Å². The van der Waals surface area contributed by atoms with Crippen molar-refractivity contribution >= 4 is 5.91 Å². The van der Waals surface area contributed by atoms with Crippen LogP contribution in [0.3, 0.4) is 0 Å². The highest BCUT2D eigenvalue weighted by molar-refractivity contribution is 5.79. The molecule has 0 aliphatic heterocycles. The number of aliphatic hydroxyl groups is 1. The molecule has 0 fully saturated rings. The Kier molecular flexibility index (Phi) is 5.08. The molecule has 0 aromatic carbocycles. The van der Waals surface area contributed by atoms with Crippen LogP contribution >= 0.6 is 0 Å². The SMILES string of the molecule is CNCC(C)C(=O)NC(C)(C)C(C)O. The third-order valence-corrected chi connectivity index (χ3v) is 2.45. The van der Waals surface area contributed by atoms with Gasteiger partial charge in [-0.1, -0.05) is 6.92 Å². The van der Waals surface area contributed by atoms with Crippen LogP contribution in [-0.4, -0.2) is 36.2 Å². The first-order valence-electron chi connectivity index (χ1n) is 4.96. The summed E-state index contributed by atoms with van der Waals surface area (Å²) in [5.41, 5.74) is -0.570. The van der Waals surface area contributed by atoms with Crippen LogP contribution in [-0.2, 0) is 4.79 Å². The summed E-state index contributed by atoms with van der Waals surface area (Å²) in [6.07, 6.45) is -0.562. The molecule has 0 aromatic rings. The van der Waals surface area contributed by atoms with E-state index >= 15 is 0 Å². The summed E-state index contributed by atoms with van der Waals surface area (Å²) in [5.74, 6) is -0.122. The maximum atomic E-state index is 11.6. The second-order valence-electron chi connectivity index (χ2n) is 4.35. The van der Waals surface area contributed by atoms with E-state index in [1.54, 1.807) is 6.92 Å². The maximum absolute atomic E-state index is 11.6. The molecule has 1 amide bonds. The van der Waals surface area contributed by atoms with E-state index in [-0.39, 0.29) is 11.8 Å². The largest absolute Gasteiger partial charge is 0.391 e. The molecule has 0 radical (unpaired) electrons. The van der Waals surface area contributed by atoms with Crippen molar-refractivity contribution < 1.29 is 9.90 Å². The van der Waals surface area contributed by atoms with Gasteiger partial charge in [0.15, 0.2) is 0 Å². The Bertz CT molecular complexity index is 191. The van der Waals surface area contributed by atoms with Gasteiger partial charge in [-0.2, -0.15) is 0 Å². The summed E-state index contributed by atoms with van der Waals surface area (Å²) < 4.78 is 0. The second kappa shape index (κ2) is 5.32. The lowest BCUT2D eigenvalue weighted by Gasteiger charge is -2.30. The lowest BCUT2D eigenvalue weighted by Crippen LogP contribution is -2.53. The number of hydrogen-bond acceptors (Lipinski definition) is 3. The Hall–Kier alpha value is -0.610. The van der Waals surface area contributed by atoms with E-state index in [9.17, 15) is 9.90 Å². The minimum Gasteiger partial charge on any atom is -0.391 e. The van der Waals surface area contributed by atoms with Gasteiger partial charge >= 0.3 is 0 Å². The highest BCUT2D eigenvalue weighted by Gasteiger charge is 2.27. The molecule has 2 atom stereocenters. The van der Waals surface area contributed by atoms with Gasteiger partial charge < -0.3 is 15.7 Å². The highest BCUT2D eigenvalue weighted by Crippen LogP contribution is 2.09. The number of carbonyl (C=O) groups excluding carboxylic acids is 1. The Morgan fingerprint density at radius 1 is 1.43 bits per heavy atom. The Balaban J connectivity index is 4.17. The van der Waals surface area contributed by atoms with E-state index in [0.29, 0.717) is 6.54 Å². The summed E-state index contributed by atoms with van der Waals surface area (Å²) >= 11 is 0. The Labute approximate surface area is 86.1 Å². The van der Waals surface area contributed by atoms with Crippen LogP contribution in [0.5, 0.6) is 0 Å². The Morgan fingerprint density at radius 3 is 2.29 bits per heavy atom. The summed E-state index contributed by atoms with van der Waals surface area (Å²) in [4.78, 5) is 11.6. The van der Waals surface area contributed by atoms with Crippen molar-refractivity contribution in [3.8, 4) is 0 Å². The fourth-order valence-electron chi connectivity index (χ4n) is 0.944. The topological polar surface area (TPSA) is 61.4 Å². The molecule has 0 bridgehead atoms. The van der Waals surface area contributed by atoms with E-state index in [1.165, 1.54) is 0 Å². The first-order chi connectivity index (χ1) is 6.31. The molecule has 84 valence electrons. The van der Waals surface area contributed by atoms with Crippen LogP contribution in [0.4, 0.5) is 0 Å². The van der Waals surface area contributed by atoms with Crippen molar-refractivity contribution in [3.63, 3.8) is 0 Å². The second-order valence-corrected chi connectivity index (χ2v) is 4.35. The molecule has 4 nitrogen and oxygen atoms in total. The molecule has 0 spiro atoms. The molecule has 3 N–H and O–H groups in total. The number of nitrogens with one attached hydrogen (secondary N) is 2. The van der Waals surface area contributed by atoms with Gasteiger partial charge in [-0.3, -0.25) is 4.79 Å². The summed E-state index contributed by atoms with van der Waals surface area (Å²) in [7, 11) is 1.81. The zero-order valence-corrected chi connectivity index (χ0v) is 9.72. The fourth-order valence-corrected chi connectivity index (χ4v) is 0.944. The number of rotatable bonds is 5. The number of aliphatic hydroxyl groups excluding tert-OH is 1. The summed E-state index contributed by atoms with van der Waals surface area (Å²) in [6, 6.07) is 0. The first-order valence-corrected chi connectivity index (χ1v) is 4.96. The molecule has 0 aliphatic rings. The zero-order chi connectivity index (χ0) is 11.4. The monoisotopic (exact) mass is 202 g/mol. The minimum absolute atomic E-state index is 0.0368. The fraction of sp³-hybridized carbons (Fsp3) is 0.900. The van der Waals surface area contributed by atoms with E-state index in [1.807, 2.05) is 27.8 Å². The molecule has 0 saturated heterocycles. The van der Waals surface area contributed by atoms with Crippen molar-refractivity contribution in [2.75, 3.05) is 13.6 Å². The van der Waals surface area contributed by atoms with Gasteiger partial charge in [0.25, 0.3) is 0 Å². The lowest BCUT2D eigenvalue weighted by atomic mass is 9.97. The third-order valence-electron chi connectivity index (χ3n) is 2.45. The van der Waals surface area contributed by atoms with Gasteiger partial charge in [-0.05, 0) is 27.8 Å². The first kappa shape index (κ1) is 13.4. The van der Waals surface area contributed by atoms with E-state index in [2.05, 4.69) is 10.6 Å². The maximum Gasteiger partial charge on any atom is 0.224 e. The number of carbonyl (C=O) groups is 1. The van der Waals surface area contributed by atoms with Gasteiger partial charge in [0.1, 0.15) is 0 Å². The van der Waals surface area contributed by atoms with Gasteiger partial charge in [0, 0.05) is 12.5 Å². The lowest BCUT2D eigenvalue weighted by molar-refractivity contribution is -0.127. The number of hydrogen-bond donors (Lipinski definition) is 3. The van der Waals surface area contributed by atoms with Crippen LogP contribution in [0, 0.1) is 5.92 Å². The molecule has 0 aliphatic carbocycles. The zero-order valence-electron chi connectivity index (χ0n) is 9.72. The van der Waals surface area contributed by atoms with Crippen LogP contribution in [0.2, 0.25) is 0 Å². The standard InChI is InChI=1S/C10H22N2O2/c1-7(6-11-5)9(14)12-10(3,4)8(2)13/h7-8,11,13H,6H2,1-5H3,(H,12,14). The molecule has 14 heavy (non-hydrogen) atoms. The quantitative estimate of drug-likeness (QED) is 0.593. The predicted molar refractivity (Wildman–Crippen MR) is 57.0 cm³/mol. The summed E-state index contributed by atoms with van der Waals surface area (Å²) in [5, 5.41) is 15.2. The average Bonchev–Trinajstić information content (AvgIpc) is 2.03. The van der Waals surface area contributed by atoms with Crippen molar-refractivity contribution in [3.05, 3.63) is 0 Å². The molecule has 0 aromatic heterocycles. The van der Waals surface area contributed by atoms with Gasteiger partial charge in [0.05, 0.1) is 11.6 Å². The highest BCUT2D eigenvalue weighted by atomic mass is 16.3. The van der Waals surface area contributed by atoms with Crippen molar-refractivity contribution in [2.45, 2.75) is 39.3 Å². The van der Waals surface area contributed by atoms with E-state index < -0.39 is 11.6 Å². The van der Waals surface area contributed by atoms with Crippen LogP contribution in [0.15, 0.2) is 0 Å². The van der Waals surface area contributed by atoms with Crippen LogP contribution < -0.4 is 10.6 Å². The molecule has 2 unspecified atom stereocenters. The molecule has 0 heterocycles. The third kappa shape index (κ3) is 4.07. The summed E-state index contributed by atoms with van der Waals surface area (Å²) in [6.45, 7) is 7.78. The van der Waals surface area contributed by atoms with E-state index in [0.717, 1.165) is 0 Å². The minimum atomic E-state index is -0.570. The number of amides is 1. The molecule has 4 heteroatoms. The van der Waals surface area contributed by atoms with Crippen molar-refractivity contribution in [1.29, 1.82) is 0 Å². The molecule has 0 rings (SSSR count). The average molecular weight is 202 g/mol. The molecule has 0 saturated carbocycles. The van der Waals surface area contributed by atoms with Crippen molar-refractivity contribution in [2.24, 2.45) is 5.92 Å². The molecular formula is C10H22N2O2. The van der Waals surface area contributed by atoms with Gasteiger partial charge in [-0.15, -0.1) is 0 Å². The van der Waals surface area contributed by atoms with Crippen LogP contribution in [0.1, 0.15) is 27.7 Å². The Morgan fingerprint density at radius 2 is 1.93 bits per heavy atom. The van der Waals surface area contributed by atoms with Gasteiger partial charge in [-0.25, -0.2) is 0 Å². The predicted octanol–water partition coefficient (Wildman–Crippen LogP) is 0.118.